The molecule has 0 aliphatic rings. The molecule has 0 saturated heterocycles. The summed E-state index contributed by atoms with van der Waals surface area (Å²) in [4.78, 5) is 0. The van der Waals surface area contributed by atoms with Crippen LogP contribution in [0.25, 0.3) is 0 Å². The van der Waals surface area contributed by atoms with Crippen LogP contribution in [-0.2, 0) is 0 Å². The normalized spacial score (nSPS) is 17.5. The Balaban J connectivity index is 3.66. The highest BCUT2D eigenvalue weighted by Crippen LogP contribution is 2.23. The number of rotatable bonds is 4. The molecule has 0 aromatic heterocycles. The van der Waals surface area contributed by atoms with E-state index in [9.17, 15) is 0 Å². The van der Waals surface area contributed by atoms with Gasteiger partial charge in [0, 0.05) is 0 Å². The average Bonchev–Trinajstić information content (AvgIpc) is 1.87. The van der Waals surface area contributed by atoms with Gasteiger partial charge in [-0.15, -0.1) is 0 Å². The van der Waals surface area contributed by atoms with Gasteiger partial charge in [0.15, 0.2) is 0 Å². The fraction of sp³-hybridized carbons (Fsp3) is 0.909. The van der Waals surface area contributed by atoms with Crippen molar-refractivity contribution in [2.24, 2.45) is 23.7 Å². The molecule has 0 aromatic carbocycles. The Morgan fingerprint density at radius 3 is 1.64 bits per heavy atom. The average molecular weight is 155 g/mol. The van der Waals surface area contributed by atoms with Crippen LogP contribution in [-0.4, -0.2) is 0 Å². The molecule has 0 spiro atoms. The topological polar surface area (TPSA) is 0 Å². The van der Waals surface area contributed by atoms with Crippen molar-refractivity contribution in [3.05, 3.63) is 6.92 Å². The first-order valence-electron chi connectivity index (χ1n) is 4.78. The SMILES string of the molecule is [CH2]C(C)C(C)CC(C)C(C)C. The van der Waals surface area contributed by atoms with E-state index in [4.69, 9.17) is 0 Å². The third-order valence-electron chi connectivity index (χ3n) is 2.85. The maximum atomic E-state index is 4.05. The van der Waals surface area contributed by atoms with E-state index in [1.54, 1.807) is 0 Å². The van der Waals surface area contributed by atoms with Crippen LogP contribution in [0.15, 0.2) is 0 Å². The second kappa shape index (κ2) is 4.79. The van der Waals surface area contributed by atoms with Crippen molar-refractivity contribution >= 4 is 0 Å². The Hall–Kier alpha value is 0. The fourth-order valence-electron chi connectivity index (χ4n) is 1.09. The molecule has 1 radical (unpaired) electrons. The third-order valence-corrected chi connectivity index (χ3v) is 2.85. The van der Waals surface area contributed by atoms with Gasteiger partial charge in [0.25, 0.3) is 0 Å². The standard InChI is InChI=1S/C11H23/c1-8(2)10(5)7-11(6)9(3)4/h8-11H,1,7H2,2-6H3. The fourth-order valence-corrected chi connectivity index (χ4v) is 1.09. The van der Waals surface area contributed by atoms with Crippen molar-refractivity contribution in [3.63, 3.8) is 0 Å². The second-order valence-electron chi connectivity index (χ2n) is 4.41. The molecular weight excluding hydrogens is 132 g/mol. The molecule has 0 saturated carbocycles. The molecule has 0 aliphatic heterocycles. The van der Waals surface area contributed by atoms with E-state index in [2.05, 4.69) is 41.5 Å². The van der Waals surface area contributed by atoms with Crippen molar-refractivity contribution < 1.29 is 0 Å². The van der Waals surface area contributed by atoms with Gasteiger partial charge in [-0.3, -0.25) is 0 Å². The third kappa shape index (κ3) is 4.44. The summed E-state index contributed by atoms with van der Waals surface area (Å²) in [6.45, 7) is 15.5. The molecular formula is C11H23. The molecule has 0 bridgehead atoms. The molecule has 0 nitrogen and oxygen atoms in total. The molecule has 0 heterocycles. The molecule has 0 aliphatic carbocycles. The summed E-state index contributed by atoms with van der Waals surface area (Å²) in [5, 5.41) is 0. The minimum atomic E-state index is 0.594. The van der Waals surface area contributed by atoms with Crippen molar-refractivity contribution in [2.45, 2.75) is 41.0 Å². The van der Waals surface area contributed by atoms with Gasteiger partial charge in [0.2, 0.25) is 0 Å². The van der Waals surface area contributed by atoms with Crippen molar-refractivity contribution in [1.29, 1.82) is 0 Å². The van der Waals surface area contributed by atoms with E-state index in [-0.39, 0.29) is 0 Å². The zero-order chi connectivity index (χ0) is 9.02. The molecule has 0 fully saturated rings. The lowest BCUT2D eigenvalue weighted by Gasteiger charge is -2.22. The Morgan fingerprint density at radius 1 is 0.909 bits per heavy atom. The van der Waals surface area contributed by atoms with Crippen LogP contribution in [0.5, 0.6) is 0 Å². The molecule has 0 N–H and O–H groups in total. The summed E-state index contributed by atoms with van der Waals surface area (Å²) < 4.78 is 0. The Labute approximate surface area is 72.4 Å². The first-order valence-corrected chi connectivity index (χ1v) is 4.78. The van der Waals surface area contributed by atoms with Gasteiger partial charge in [-0.25, -0.2) is 0 Å². The second-order valence-corrected chi connectivity index (χ2v) is 4.41. The van der Waals surface area contributed by atoms with E-state index in [0.717, 1.165) is 17.8 Å². The first-order chi connectivity index (χ1) is 4.95. The van der Waals surface area contributed by atoms with E-state index in [0.29, 0.717) is 5.92 Å². The van der Waals surface area contributed by atoms with E-state index in [1.165, 1.54) is 6.42 Å². The highest BCUT2D eigenvalue weighted by molar-refractivity contribution is 4.68. The van der Waals surface area contributed by atoms with Gasteiger partial charge >= 0.3 is 0 Å². The molecule has 3 atom stereocenters. The summed E-state index contributed by atoms with van der Waals surface area (Å²) in [6.07, 6.45) is 1.32. The predicted molar refractivity (Wildman–Crippen MR) is 52.3 cm³/mol. The quantitative estimate of drug-likeness (QED) is 0.579. The van der Waals surface area contributed by atoms with Crippen molar-refractivity contribution in [3.8, 4) is 0 Å². The van der Waals surface area contributed by atoms with Gasteiger partial charge in [0.1, 0.15) is 0 Å². The highest BCUT2D eigenvalue weighted by Gasteiger charge is 2.13. The van der Waals surface area contributed by atoms with Crippen LogP contribution in [0.2, 0.25) is 0 Å². The van der Waals surface area contributed by atoms with Crippen LogP contribution in [0.4, 0.5) is 0 Å². The summed E-state index contributed by atoms with van der Waals surface area (Å²) in [7, 11) is 0. The van der Waals surface area contributed by atoms with Crippen LogP contribution < -0.4 is 0 Å². The van der Waals surface area contributed by atoms with Gasteiger partial charge in [-0.2, -0.15) is 0 Å². The molecule has 0 rings (SSSR count). The van der Waals surface area contributed by atoms with Crippen LogP contribution in [0, 0.1) is 30.6 Å². The lowest BCUT2D eigenvalue weighted by molar-refractivity contribution is 0.296. The lowest BCUT2D eigenvalue weighted by atomic mass is 9.84. The van der Waals surface area contributed by atoms with Gasteiger partial charge < -0.3 is 0 Å². The zero-order valence-corrected chi connectivity index (χ0v) is 8.72. The summed E-state index contributed by atoms with van der Waals surface area (Å²) in [5.74, 6) is 3.02. The Kier molecular flexibility index (Phi) is 4.79. The van der Waals surface area contributed by atoms with E-state index in [1.807, 2.05) is 0 Å². The summed E-state index contributed by atoms with van der Waals surface area (Å²) >= 11 is 0. The van der Waals surface area contributed by atoms with Gasteiger partial charge in [-0.05, 0) is 30.1 Å². The number of hydrogen-bond acceptors (Lipinski definition) is 0. The van der Waals surface area contributed by atoms with Gasteiger partial charge in [0.05, 0.1) is 0 Å². The minimum Gasteiger partial charge on any atom is -0.0625 e. The maximum absolute atomic E-state index is 4.05. The highest BCUT2D eigenvalue weighted by atomic mass is 14.2. The van der Waals surface area contributed by atoms with E-state index < -0.39 is 0 Å². The van der Waals surface area contributed by atoms with E-state index >= 15 is 0 Å². The molecule has 67 valence electrons. The summed E-state index contributed by atoms with van der Waals surface area (Å²) in [5.41, 5.74) is 0. The smallest absolute Gasteiger partial charge is 0.0414 e. The van der Waals surface area contributed by atoms with Crippen molar-refractivity contribution in [1.82, 2.24) is 0 Å². The number of hydrogen-bond donors (Lipinski definition) is 0. The molecule has 0 heteroatoms. The Bertz CT molecular complexity index is 80.2. The molecule has 0 aromatic rings. The predicted octanol–water partition coefficient (Wildman–Crippen LogP) is 3.77. The molecule has 3 unspecified atom stereocenters. The monoisotopic (exact) mass is 155 g/mol. The summed E-state index contributed by atoms with van der Waals surface area (Å²) in [6, 6.07) is 0. The van der Waals surface area contributed by atoms with Crippen molar-refractivity contribution in [2.75, 3.05) is 0 Å². The zero-order valence-electron chi connectivity index (χ0n) is 8.72. The largest absolute Gasteiger partial charge is 0.0625 e. The van der Waals surface area contributed by atoms with Crippen LogP contribution in [0.3, 0.4) is 0 Å². The van der Waals surface area contributed by atoms with Gasteiger partial charge in [-0.1, -0.05) is 41.5 Å². The van der Waals surface area contributed by atoms with Crippen LogP contribution >= 0.6 is 0 Å². The first kappa shape index (κ1) is 11.0. The molecule has 11 heavy (non-hydrogen) atoms. The maximum Gasteiger partial charge on any atom is -0.0414 e. The van der Waals surface area contributed by atoms with Crippen LogP contribution in [0.1, 0.15) is 41.0 Å². The molecule has 0 amide bonds. The Morgan fingerprint density at radius 2 is 1.36 bits per heavy atom. The lowest BCUT2D eigenvalue weighted by Crippen LogP contribution is -2.13. The minimum absolute atomic E-state index is 0.594.